The van der Waals surface area contributed by atoms with E-state index >= 15 is 0 Å². The Hall–Kier alpha value is -3.19. The predicted octanol–water partition coefficient (Wildman–Crippen LogP) is 2.44. The average Bonchev–Trinajstić information content (AvgIpc) is 3.07. The molecule has 0 bridgehead atoms. The van der Waals surface area contributed by atoms with E-state index in [2.05, 4.69) is 20.4 Å². The lowest BCUT2D eigenvalue weighted by molar-refractivity contribution is 0.117. The van der Waals surface area contributed by atoms with E-state index in [1.54, 1.807) is 4.52 Å². The second kappa shape index (κ2) is 6.97. The lowest BCUT2D eigenvalue weighted by Gasteiger charge is -2.14. The maximum Gasteiger partial charge on any atom is 0.226 e. The van der Waals surface area contributed by atoms with Crippen molar-refractivity contribution in [3.05, 3.63) is 60.4 Å². The first-order valence-corrected chi connectivity index (χ1v) is 8.42. The quantitative estimate of drug-likeness (QED) is 0.556. The zero-order valence-corrected chi connectivity index (χ0v) is 14.3. The second-order valence-electron chi connectivity index (χ2n) is 6.01. The normalized spacial score (nSPS) is 12.4. The van der Waals surface area contributed by atoms with E-state index in [4.69, 9.17) is 4.74 Å². The van der Waals surface area contributed by atoms with Gasteiger partial charge < -0.3 is 15.2 Å². The molecular weight excluding hydrogens is 330 g/mol. The summed E-state index contributed by atoms with van der Waals surface area (Å²) in [6, 6.07) is 17.2. The van der Waals surface area contributed by atoms with Crippen LogP contribution >= 0.6 is 0 Å². The van der Waals surface area contributed by atoms with Gasteiger partial charge in [0.25, 0.3) is 0 Å². The number of aryl methyl sites for hydroxylation is 1. The number of nitrogens with zero attached hydrogens (tertiary/aromatic N) is 4. The molecule has 0 amide bonds. The van der Waals surface area contributed by atoms with Gasteiger partial charge in [-0.05, 0) is 31.2 Å². The Morgan fingerprint density at radius 2 is 1.85 bits per heavy atom. The molecule has 4 rings (SSSR count). The topological polar surface area (TPSA) is 84.6 Å². The fourth-order valence-electron chi connectivity index (χ4n) is 2.75. The number of hydrogen-bond acceptors (Lipinski definition) is 6. The van der Waals surface area contributed by atoms with E-state index in [1.165, 1.54) is 0 Å². The highest BCUT2D eigenvalue weighted by Gasteiger charge is 2.13. The van der Waals surface area contributed by atoms with Crippen molar-refractivity contribution in [1.82, 2.24) is 19.6 Å². The number of ether oxygens (including phenoxy) is 1. The smallest absolute Gasteiger partial charge is 0.226 e. The highest BCUT2D eigenvalue weighted by Crippen LogP contribution is 2.20. The molecule has 0 saturated heterocycles. The molecule has 0 aliphatic rings. The molecular formula is C19H19N5O2. The van der Waals surface area contributed by atoms with Gasteiger partial charge in [0.05, 0.1) is 5.52 Å². The largest absolute Gasteiger partial charge is 0.491 e. The molecule has 0 aliphatic heterocycles. The minimum Gasteiger partial charge on any atom is -0.491 e. The van der Waals surface area contributed by atoms with Crippen LogP contribution in [0, 0.1) is 6.92 Å². The fourth-order valence-corrected chi connectivity index (χ4v) is 2.75. The summed E-state index contributed by atoms with van der Waals surface area (Å²) in [4.78, 5) is 9.09. The molecule has 2 N–H and O–H groups in total. The molecule has 2 aromatic carbocycles. The molecule has 0 aliphatic carbocycles. The third-order valence-corrected chi connectivity index (χ3v) is 3.97. The molecule has 4 aromatic rings. The van der Waals surface area contributed by atoms with Gasteiger partial charge in [0.15, 0.2) is 5.65 Å². The standard InChI is InChI=1S/C19H19N5O2/c1-13-21-18-16-9-5-6-10-17(16)22-19(24(18)23-13)20-11-14(25)12-26-15-7-3-2-4-8-15/h2-10,14,25H,11-12H2,1H3,(H,20,22)/t14-/m0/s1. The lowest BCUT2D eigenvalue weighted by atomic mass is 10.2. The number of aliphatic hydroxyl groups is 1. The zero-order chi connectivity index (χ0) is 17.9. The van der Waals surface area contributed by atoms with E-state index in [9.17, 15) is 5.11 Å². The Balaban J connectivity index is 1.51. The summed E-state index contributed by atoms with van der Waals surface area (Å²) in [7, 11) is 0. The van der Waals surface area contributed by atoms with Gasteiger partial charge in [-0.15, -0.1) is 5.10 Å². The summed E-state index contributed by atoms with van der Waals surface area (Å²) in [5.41, 5.74) is 1.57. The molecule has 7 heteroatoms. The van der Waals surface area contributed by atoms with E-state index in [1.807, 2.05) is 61.5 Å². The Labute approximate surface area is 150 Å². The molecule has 0 unspecified atom stereocenters. The van der Waals surface area contributed by atoms with Crippen molar-refractivity contribution in [2.24, 2.45) is 0 Å². The molecule has 1 atom stereocenters. The van der Waals surface area contributed by atoms with E-state index in [0.29, 0.717) is 11.8 Å². The Kier molecular flexibility index (Phi) is 4.37. The summed E-state index contributed by atoms with van der Waals surface area (Å²) in [5.74, 6) is 1.93. The van der Waals surface area contributed by atoms with Crippen LogP contribution in [0.5, 0.6) is 5.75 Å². The number of aromatic nitrogens is 4. The number of hydrogen-bond donors (Lipinski definition) is 2. The Bertz CT molecular complexity index is 1030. The van der Waals surface area contributed by atoms with Crippen molar-refractivity contribution in [3.63, 3.8) is 0 Å². The van der Waals surface area contributed by atoms with Gasteiger partial charge in [-0.25, -0.2) is 9.97 Å². The van der Waals surface area contributed by atoms with Crippen LogP contribution in [0.15, 0.2) is 54.6 Å². The van der Waals surface area contributed by atoms with Gasteiger partial charge in [-0.1, -0.05) is 30.3 Å². The first kappa shape index (κ1) is 16.3. The van der Waals surface area contributed by atoms with Crippen LogP contribution in [-0.4, -0.2) is 43.9 Å². The number of anilines is 1. The maximum atomic E-state index is 10.2. The Morgan fingerprint density at radius 3 is 2.69 bits per heavy atom. The van der Waals surface area contributed by atoms with Crippen LogP contribution in [0.3, 0.4) is 0 Å². The first-order chi connectivity index (χ1) is 12.7. The van der Waals surface area contributed by atoms with Crippen molar-refractivity contribution >= 4 is 22.5 Å². The van der Waals surface area contributed by atoms with Crippen molar-refractivity contribution in [2.75, 3.05) is 18.5 Å². The highest BCUT2D eigenvalue weighted by atomic mass is 16.5. The fraction of sp³-hybridized carbons (Fsp3) is 0.211. The summed E-state index contributed by atoms with van der Waals surface area (Å²) < 4.78 is 7.24. The van der Waals surface area contributed by atoms with Crippen LogP contribution in [0.25, 0.3) is 16.6 Å². The van der Waals surface area contributed by atoms with E-state index < -0.39 is 6.10 Å². The maximum absolute atomic E-state index is 10.2. The van der Waals surface area contributed by atoms with E-state index in [-0.39, 0.29) is 13.2 Å². The summed E-state index contributed by atoms with van der Waals surface area (Å²) in [6.45, 7) is 2.31. The van der Waals surface area contributed by atoms with Crippen LogP contribution in [0.4, 0.5) is 5.95 Å². The summed E-state index contributed by atoms with van der Waals surface area (Å²) in [5, 5.41) is 18.7. The second-order valence-corrected chi connectivity index (χ2v) is 6.01. The number of rotatable bonds is 6. The van der Waals surface area contributed by atoms with Crippen molar-refractivity contribution in [3.8, 4) is 5.75 Å². The van der Waals surface area contributed by atoms with Gasteiger partial charge in [-0.2, -0.15) is 4.52 Å². The Morgan fingerprint density at radius 1 is 1.08 bits per heavy atom. The SMILES string of the molecule is Cc1nc2c3ccccc3nc(NC[C@H](O)COc3ccccc3)n2n1. The molecule has 0 spiro atoms. The molecule has 0 saturated carbocycles. The van der Waals surface area contributed by atoms with Gasteiger partial charge in [0.2, 0.25) is 5.95 Å². The number of aliphatic hydroxyl groups excluding tert-OH is 1. The number of benzene rings is 2. The predicted molar refractivity (Wildman–Crippen MR) is 99.5 cm³/mol. The lowest BCUT2D eigenvalue weighted by Crippen LogP contribution is -2.27. The van der Waals surface area contributed by atoms with Crippen molar-refractivity contribution in [1.29, 1.82) is 0 Å². The molecule has 0 radical (unpaired) electrons. The van der Waals surface area contributed by atoms with Crippen LogP contribution in [0.1, 0.15) is 5.82 Å². The minimum absolute atomic E-state index is 0.185. The molecule has 2 aromatic heterocycles. The van der Waals surface area contributed by atoms with Crippen LogP contribution < -0.4 is 10.1 Å². The van der Waals surface area contributed by atoms with Gasteiger partial charge in [0, 0.05) is 11.9 Å². The molecule has 132 valence electrons. The molecule has 7 nitrogen and oxygen atoms in total. The molecule has 26 heavy (non-hydrogen) atoms. The first-order valence-electron chi connectivity index (χ1n) is 8.42. The van der Waals surface area contributed by atoms with Crippen molar-refractivity contribution in [2.45, 2.75) is 13.0 Å². The number of fused-ring (bicyclic) bond motifs is 3. The monoisotopic (exact) mass is 349 g/mol. The van der Waals surface area contributed by atoms with Crippen LogP contribution in [-0.2, 0) is 0 Å². The summed E-state index contributed by atoms with van der Waals surface area (Å²) in [6.07, 6.45) is -0.692. The van der Waals surface area contributed by atoms with Gasteiger partial charge >= 0.3 is 0 Å². The zero-order valence-electron chi connectivity index (χ0n) is 14.3. The van der Waals surface area contributed by atoms with Crippen molar-refractivity contribution < 1.29 is 9.84 Å². The van der Waals surface area contributed by atoms with Crippen LogP contribution in [0.2, 0.25) is 0 Å². The third kappa shape index (κ3) is 3.29. The van der Waals surface area contributed by atoms with Gasteiger partial charge in [-0.3, -0.25) is 0 Å². The summed E-state index contributed by atoms with van der Waals surface area (Å²) >= 11 is 0. The number of nitrogens with one attached hydrogen (secondary N) is 1. The van der Waals surface area contributed by atoms with E-state index in [0.717, 1.165) is 22.3 Å². The minimum atomic E-state index is -0.692. The highest BCUT2D eigenvalue weighted by molar-refractivity contribution is 5.92. The number of para-hydroxylation sites is 2. The molecule has 0 fully saturated rings. The third-order valence-electron chi connectivity index (χ3n) is 3.97. The average molecular weight is 349 g/mol. The molecule has 2 heterocycles. The van der Waals surface area contributed by atoms with Gasteiger partial charge in [0.1, 0.15) is 24.3 Å².